The van der Waals surface area contributed by atoms with Crippen molar-refractivity contribution in [3.63, 3.8) is 0 Å². The van der Waals surface area contributed by atoms with E-state index in [2.05, 4.69) is 22.5 Å². The van der Waals surface area contributed by atoms with Crippen molar-refractivity contribution in [3.8, 4) is 0 Å². The molecule has 3 atom stereocenters. The van der Waals surface area contributed by atoms with Crippen molar-refractivity contribution in [1.29, 1.82) is 0 Å². The Kier molecular flexibility index (Phi) is 4.32. The van der Waals surface area contributed by atoms with Crippen molar-refractivity contribution < 1.29 is 4.79 Å². The first-order valence-electron chi connectivity index (χ1n) is 8.51. The van der Waals surface area contributed by atoms with Gasteiger partial charge in [-0.25, -0.2) is 0 Å². The lowest BCUT2D eigenvalue weighted by Gasteiger charge is -2.38. The van der Waals surface area contributed by atoms with Crippen LogP contribution in [-0.2, 0) is 4.79 Å². The predicted octanol–water partition coefficient (Wildman–Crippen LogP) is 1.51. The maximum atomic E-state index is 12.8. The summed E-state index contributed by atoms with van der Waals surface area (Å²) in [4.78, 5) is 15.4. The Balaban J connectivity index is 1.63. The molecule has 0 aromatic carbocycles. The van der Waals surface area contributed by atoms with E-state index in [1.807, 2.05) is 0 Å². The van der Waals surface area contributed by atoms with Gasteiger partial charge < -0.3 is 10.6 Å². The van der Waals surface area contributed by atoms with Crippen LogP contribution in [0.1, 0.15) is 51.9 Å². The van der Waals surface area contributed by atoms with Gasteiger partial charge in [0.1, 0.15) is 0 Å². The minimum atomic E-state index is -0.152. The highest BCUT2D eigenvalue weighted by molar-refractivity contribution is 5.83. The zero-order valence-corrected chi connectivity index (χ0v) is 12.8. The molecule has 0 aromatic heterocycles. The van der Waals surface area contributed by atoms with E-state index in [9.17, 15) is 4.79 Å². The Morgan fingerprint density at radius 1 is 1.30 bits per heavy atom. The Morgan fingerprint density at radius 3 is 2.95 bits per heavy atom. The second kappa shape index (κ2) is 6.02. The third kappa shape index (κ3) is 2.60. The summed E-state index contributed by atoms with van der Waals surface area (Å²) in [5.74, 6) is 0.310. The second-order valence-electron chi connectivity index (χ2n) is 6.88. The highest BCUT2D eigenvalue weighted by atomic mass is 16.2. The first kappa shape index (κ1) is 14.3. The van der Waals surface area contributed by atoms with Crippen molar-refractivity contribution in [3.05, 3.63) is 0 Å². The second-order valence-corrected chi connectivity index (χ2v) is 6.88. The van der Waals surface area contributed by atoms with Gasteiger partial charge in [0.2, 0.25) is 5.91 Å². The zero-order chi connectivity index (χ0) is 14.0. The summed E-state index contributed by atoms with van der Waals surface area (Å²) in [7, 11) is 0. The van der Waals surface area contributed by atoms with E-state index < -0.39 is 0 Å². The molecular formula is C16H29N3O. The predicted molar refractivity (Wildman–Crippen MR) is 80.6 cm³/mol. The Morgan fingerprint density at radius 2 is 2.20 bits per heavy atom. The van der Waals surface area contributed by atoms with Crippen molar-refractivity contribution in [1.82, 2.24) is 15.5 Å². The normalized spacial score (nSPS) is 38.5. The summed E-state index contributed by atoms with van der Waals surface area (Å²) in [6, 6.07) is 1.01. The molecule has 0 aromatic rings. The van der Waals surface area contributed by atoms with Crippen LogP contribution in [0.25, 0.3) is 0 Å². The topological polar surface area (TPSA) is 44.4 Å². The minimum Gasteiger partial charge on any atom is -0.351 e. The molecule has 3 unspecified atom stereocenters. The summed E-state index contributed by atoms with van der Waals surface area (Å²) in [5, 5.41) is 6.84. The van der Waals surface area contributed by atoms with Crippen LogP contribution in [0.2, 0.25) is 0 Å². The summed E-state index contributed by atoms with van der Waals surface area (Å²) in [6.45, 7) is 6.49. The Hall–Kier alpha value is -0.610. The molecule has 4 nitrogen and oxygen atoms in total. The number of nitrogens with one attached hydrogen (secondary N) is 2. The van der Waals surface area contributed by atoms with Crippen LogP contribution >= 0.6 is 0 Å². The largest absolute Gasteiger partial charge is 0.351 e. The first-order valence-corrected chi connectivity index (χ1v) is 8.51. The van der Waals surface area contributed by atoms with Gasteiger partial charge in [0.25, 0.3) is 0 Å². The van der Waals surface area contributed by atoms with E-state index >= 15 is 0 Å². The summed E-state index contributed by atoms with van der Waals surface area (Å²) >= 11 is 0. The van der Waals surface area contributed by atoms with Gasteiger partial charge in [-0.05, 0) is 51.6 Å². The quantitative estimate of drug-likeness (QED) is 0.823. The SMILES string of the molecule is CCC1(C(=O)NC2CCN3CCCCC23)CCCNC1. The lowest BCUT2D eigenvalue weighted by atomic mass is 9.77. The number of amides is 1. The number of carbonyl (C=O) groups excluding carboxylic acids is 1. The molecule has 3 fully saturated rings. The van der Waals surface area contributed by atoms with Crippen LogP contribution in [-0.4, -0.2) is 49.1 Å². The van der Waals surface area contributed by atoms with Gasteiger partial charge in [0.15, 0.2) is 0 Å². The van der Waals surface area contributed by atoms with Gasteiger partial charge in [-0.1, -0.05) is 13.3 Å². The standard InChI is InChI=1S/C16H29N3O/c1-2-16(8-5-9-17-12-16)15(20)18-13-7-11-19-10-4-3-6-14(13)19/h13-14,17H,2-12H2,1H3,(H,18,20). The van der Waals surface area contributed by atoms with Gasteiger partial charge in [-0.3, -0.25) is 9.69 Å². The van der Waals surface area contributed by atoms with Crippen LogP contribution < -0.4 is 10.6 Å². The number of rotatable bonds is 3. The molecule has 0 aliphatic carbocycles. The highest BCUT2D eigenvalue weighted by Gasteiger charge is 2.42. The third-order valence-electron chi connectivity index (χ3n) is 5.80. The fraction of sp³-hybridized carbons (Fsp3) is 0.938. The molecule has 3 saturated heterocycles. The molecule has 20 heavy (non-hydrogen) atoms. The summed E-state index contributed by atoms with van der Waals surface area (Å²) in [5.41, 5.74) is -0.152. The fourth-order valence-electron chi connectivity index (χ4n) is 4.36. The molecule has 0 radical (unpaired) electrons. The van der Waals surface area contributed by atoms with Crippen LogP contribution in [0.4, 0.5) is 0 Å². The van der Waals surface area contributed by atoms with E-state index in [1.54, 1.807) is 0 Å². The molecule has 3 heterocycles. The Bertz CT molecular complexity index is 352. The van der Waals surface area contributed by atoms with Gasteiger partial charge in [-0.15, -0.1) is 0 Å². The third-order valence-corrected chi connectivity index (χ3v) is 5.80. The minimum absolute atomic E-state index is 0.152. The van der Waals surface area contributed by atoms with E-state index in [4.69, 9.17) is 0 Å². The number of hydrogen-bond acceptors (Lipinski definition) is 3. The van der Waals surface area contributed by atoms with Gasteiger partial charge in [0, 0.05) is 25.2 Å². The Labute approximate surface area is 122 Å². The fourth-order valence-corrected chi connectivity index (χ4v) is 4.36. The van der Waals surface area contributed by atoms with Gasteiger partial charge >= 0.3 is 0 Å². The zero-order valence-electron chi connectivity index (χ0n) is 12.8. The molecule has 1 amide bonds. The first-order chi connectivity index (χ1) is 9.75. The number of hydrogen-bond donors (Lipinski definition) is 2. The average molecular weight is 279 g/mol. The van der Waals surface area contributed by atoms with Crippen LogP contribution in [0.3, 0.4) is 0 Å². The molecule has 0 spiro atoms. The van der Waals surface area contributed by atoms with Crippen LogP contribution in [0.5, 0.6) is 0 Å². The molecule has 3 rings (SSSR count). The van der Waals surface area contributed by atoms with E-state index in [0.29, 0.717) is 18.0 Å². The molecule has 4 heteroatoms. The molecule has 0 bridgehead atoms. The van der Waals surface area contributed by atoms with Gasteiger partial charge in [-0.2, -0.15) is 0 Å². The van der Waals surface area contributed by atoms with Crippen LogP contribution in [0, 0.1) is 5.41 Å². The number of fused-ring (bicyclic) bond motifs is 1. The van der Waals surface area contributed by atoms with Crippen molar-refractivity contribution in [2.24, 2.45) is 5.41 Å². The van der Waals surface area contributed by atoms with E-state index in [1.165, 1.54) is 32.4 Å². The molecular weight excluding hydrogens is 250 g/mol. The van der Waals surface area contributed by atoms with Crippen LogP contribution in [0.15, 0.2) is 0 Å². The monoisotopic (exact) mass is 279 g/mol. The van der Waals surface area contributed by atoms with E-state index in [-0.39, 0.29) is 5.41 Å². The number of carbonyl (C=O) groups is 1. The lowest BCUT2D eigenvalue weighted by molar-refractivity contribution is -0.133. The molecule has 2 N–H and O–H groups in total. The maximum absolute atomic E-state index is 12.8. The smallest absolute Gasteiger partial charge is 0.227 e. The number of piperidine rings is 2. The summed E-state index contributed by atoms with van der Waals surface area (Å²) < 4.78 is 0. The van der Waals surface area contributed by atoms with Crippen molar-refractivity contribution >= 4 is 5.91 Å². The molecule has 3 aliphatic heterocycles. The van der Waals surface area contributed by atoms with Crippen molar-refractivity contribution in [2.75, 3.05) is 26.2 Å². The molecule has 3 aliphatic rings. The molecule has 114 valence electrons. The molecule has 0 saturated carbocycles. The lowest BCUT2D eigenvalue weighted by Crippen LogP contribution is -2.55. The average Bonchev–Trinajstić information content (AvgIpc) is 2.91. The van der Waals surface area contributed by atoms with Crippen molar-refractivity contribution in [2.45, 2.75) is 64.0 Å². The number of nitrogens with zero attached hydrogens (tertiary/aromatic N) is 1. The van der Waals surface area contributed by atoms with Gasteiger partial charge in [0.05, 0.1) is 5.41 Å². The highest BCUT2D eigenvalue weighted by Crippen LogP contribution is 2.32. The summed E-state index contributed by atoms with van der Waals surface area (Å²) in [6.07, 6.45) is 8.19. The van der Waals surface area contributed by atoms with E-state index in [0.717, 1.165) is 38.8 Å². The maximum Gasteiger partial charge on any atom is 0.227 e.